The molecule has 0 aliphatic rings. The molecular formula is C15H19N3O6S. The first-order valence-electron chi connectivity index (χ1n) is 7.05. The molecule has 10 heteroatoms. The molecule has 0 unspecified atom stereocenters. The maximum atomic E-state index is 11.0. The molecule has 2 aromatic rings. The lowest BCUT2D eigenvalue weighted by Gasteiger charge is -2.01. The number of benzene rings is 1. The van der Waals surface area contributed by atoms with Crippen molar-refractivity contribution in [3.8, 4) is 0 Å². The highest BCUT2D eigenvalue weighted by atomic mass is 32.2. The molecule has 0 radical (unpaired) electrons. The molecule has 9 nitrogen and oxygen atoms in total. The van der Waals surface area contributed by atoms with Gasteiger partial charge in [-0.25, -0.2) is 23.1 Å². The predicted molar refractivity (Wildman–Crippen MR) is 92.3 cm³/mol. The molecule has 0 atom stereocenters. The fraction of sp³-hybridized carbons (Fsp3) is 0.200. The molecule has 2 rings (SSSR count). The highest BCUT2D eigenvalue weighted by Crippen LogP contribution is 2.20. The van der Waals surface area contributed by atoms with E-state index >= 15 is 0 Å². The van der Waals surface area contributed by atoms with Gasteiger partial charge < -0.3 is 20.9 Å². The number of nitrogens with one attached hydrogen (secondary N) is 1. The minimum atomic E-state index is -3.49. The minimum absolute atomic E-state index is 0.143. The van der Waals surface area contributed by atoms with Crippen molar-refractivity contribution in [1.29, 1.82) is 0 Å². The molecule has 0 saturated carbocycles. The highest BCUT2D eigenvalue weighted by Gasteiger charge is 2.08. The van der Waals surface area contributed by atoms with Gasteiger partial charge in [0.25, 0.3) is 0 Å². The second-order valence-corrected chi connectivity index (χ2v) is 6.66. The van der Waals surface area contributed by atoms with Crippen LogP contribution in [0, 0.1) is 0 Å². The number of aromatic amines is 1. The fourth-order valence-electron chi connectivity index (χ4n) is 2.05. The summed E-state index contributed by atoms with van der Waals surface area (Å²) in [7, 11) is -3.49. The summed E-state index contributed by atoms with van der Waals surface area (Å²) in [6.45, 7) is 0.562. The molecule has 0 amide bonds. The number of fused-ring (bicyclic) bond motifs is 1. The summed E-state index contributed by atoms with van der Waals surface area (Å²) in [5.41, 5.74) is 8.29. The molecule has 0 saturated heterocycles. The topological polar surface area (TPSA) is 177 Å². The molecule has 7 N–H and O–H groups in total. The number of carboxylic acids is 2. The van der Waals surface area contributed by atoms with E-state index in [1.807, 2.05) is 18.3 Å². The van der Waals surface area contributed by atoms with E-state index in [0.29, 0.717) is 24.3 Å². The second-order valence-electron chi connectivity index (χ2n) is 5.05. The van der Waals surface area contributed by atoms with E-state index in [0.717, 1.165) is 22.9 Å². The minimum Gasteiger partial charge on any atom is -0.478 e. The summed E-state index contributed by atoms with van der Waals surface area (Å²) in [4.78, 5) is 22.2. The van der Waals surface area contributed by atoms with Gasteiger partial charge in [0.2, 0.25) is 10.0 Å². The normalized spacial score (nSPS) is 11.3. The molecular weight excluding hydrogens is 350 g/mol. The lowest BCUT2D eigenvalue weighted by atomic mass is 10.1. The third-order valence-corrected chi connectivity index (χ3v) is 3.72. The van der Waals surface area contributed by atoms with E-state index in [9.17, 15) is 18.0 Å². The van der Waals surface area contributed by atoms with Crippen molar-refractivity contribution in [3.63, 3.8) is 0 Å². The fourth-order valence-corrected chi connectivity index (χ4v) is 2.70. The van der Waals surface area contributed by atoms with Crippen LogP contribution in [-0.2, 0) is 31.8 Å². The van der Waals surface area contributed by atoms with Crippen molar-refractivity contribution in [2.75, 3.05) is 6.54 Å². The predicted octanol–water partition coefficient (Wildman–Crippen LogP) is 0.169. The Morgan fingerprint density at radius 3 is 2.24 bits per heavy atom. The zero-order valence-corrected chi connectivity index (χ0v) is 14.0. The molecule has 0 bridgehead atoms. The zero-order valence-electron chi connectivity index (χ0n) is 13.2. The van der Waals surface area contributed by atoms with E-state index in [-0.39, 0.29) is 5.75 Å². The lowest BCUT2D eigenvalue weighted by Crippen LogP contribution is -2.14. The summed E-state index contributed by atoms with van der Waals surface area (Å²) in [6.07, 6.45) is 3.78. The standard InChI is InChI=1S/C11H15N3O2S.C4H4O4/c12-4-3-9-6-14-11-2-1-8(5-10(9)11)7-17(13,15)16;5-3(6)1-2-4(7)8/h1-2,5-6,14H,3-4,7,12H2,(H2,13,15,16);1-2H,(H,5,6)(H,7,8)/b;2-1-. The first-order valence-corrected chi connectivity index (χ1v) is 8.77. The number of rotatable bonds is 6. The van der Waals surface area contributed by atoms with Gasteiger partial charge >= 0.3 is 11.9 Å². The van der Waals surface area contributed by atoms with Crippen LogP contribution in [0.5, 0.6) is 0 Å². The monoisotopic (exact) mass is 369 g/mol. The van der Waals surface area contributed by atoms with Crippen molar-refractivity contribution < 1.29 is 28.2 Å². The van der Waals surface area contributed by atoms with E-state index in [2.05, 4.69) is 4.98 Å². The summed E-state index contributed by atoms with van der Waals surface area (Å²) >= 11 is 0. The van der Waals surface area contributed by atoms with Crippen LogP contribution in [0.2, 0.25) is 0 Å². The average molecular weight is 369 g/mol. The number of nitrogens with two attached hydrogens (primary N) is 2. The van der Waals surface area contributed by atoms with Gasteiger partial charge in [0, 0.05) is 29.3 Å². The van der Waals surface area contributed by atoms with Crippen LogP contribution in [0.3, 0.4) is 0 Å². The number of carboxylic acid groups (broad SMARTS) is 2. The van der Waals surface area contributed by atoms with Gasteiger partial charge in [-0.2, -0.15) is 0 Å². The molecule has 136 valence electrons. The van der Waals surface area contributed by atoms with Crippen LogP contribution in [0.15, 0.2) is 36.5 Å². The van der Waals surface area contributed by atoms with E-state index in [1.54, 1.807) is 6.07 Å². The molecule has 0 aliphatic heterocycles. The largest absolute Gasteiger partial charge is 0.478 e. The highest BCUT2D eigenvalue weighted by molar-refractivity contribution is 7.88. The number of hydrogen-bond acceptors (Lipinski definition) is 5. The number of hydrogen-bond donors (Lipinski definition) is 5. The molecule has 0 spiro atoms. The molecule has 25 heavy (non-hydrogen) atoms. The van der Waals surface area contributed by atoms with Crippen LogP contribution in [-0.4, -0.2) is 42.1 Å². The summed E-state index contributed by atoms with van der Waals surface area (Å²) in [5.74, 6) is -2.66. The maximum Gasteiger partial charge on any atom is 0.328 e. The van der Waals surface area contributed by atoms with Crippen LogP contribution in [0.25, 0.3) is 10.9 Å². The summed E-state index contributed by atoms with van der Waals surface area (Å²) < 4.78 is 22.1. The summed E-state index contributed by atoms with van der Waals surface area (Å²) in [6, 6.07) is 5.46. The van der Waals surface area contributed by atoms with Crippen LogP contribution < -0.4 is 10.9 Å². The van der Waals surface area contributed by atoms with Crippen molar-refractivity contribution in [2.45, 2.75) is 12.2 Å². The second kappa shape index (κ2) is 8.97. The Bertz CT molecular complexity index is 870. The number of sulfonamides is 1. The molecule has 1 heterocycles. The van der Waals surface area contributed by atoms with Crippen molar-refractivity contribution >= 4 is 32.9 Å². The van der Waals surface area contributed by atoms with E-state index in [4.69, 9.17) is 21.1 Å². The lowest BCUT2D eigenvalue weighted by molar-refractivity contribution is -0.134. The van der Waals surface area contributed by atoms with Gasteiger partial charge in [0.15, 0.2) is 0 Å². The molecule has 0 aliphatic carbocycles. The van der Waals surface area contributed by atoms with E-state index in [1.165, 1.54) is 0 Å². The number of primary sulfonamides is 1. The third-order valence-electron chi connectivity index (χ3n) is 2.98. The Labute approximate surface area is 144 Å². The SMILES string of the molecule is NCCc1c[nH]c2ccc(CS(N)(=O)=O)cc12.O=C(O)/C=C\C(=O)O. The maximum absolute atomic E-state index is 11.0. The Balaban J connectivity index is 0.000000333. The zero-order chi connectivity index (χ0) is 19.0. The van der Waals surface area contributed by atoms with Crippen molar-refractivity contribution in [1.82, 2.24) is 4.98 Å². The van der Waals surface area contributed by atoms with Crippen LogP contribution in [0.4, 0.5) is 0 Å². The third kappa shape index (κ3) is 7.61. The van der Waals surface area contributed by atoms with Gasteiger partial charge in [-0.1, -0.05) is 6.07 Å². The molecule has 1 aromatic heterocycles. The molecule has 0 fully saturated rings. The van der Waals surface area contributed by atoms with Crippen molar-refractivity contribution in [3.05, 3.63) is 47.7 Å². The van der Waals surface area contributed by atoms with Gasteiger partial charge in [0.05, 0.1) is 5.75 Å². The Hall–Kier alpha value is -2.69. The number of aliphatic carboxylic acids is 2. The quantitative estimate of drug-likeness (QED) is 0.450. The van der Waals surface area contributed by atoms with Crippen molar-refractivity contribution in [2.24, 2.45) is 10.9 Å². The first-order chi connectivity index (χ1) is 11.6. The van der Waals surface area contributed by atoms with Crippen LogP contribution in [0.1, 0.15) is 11.1 Å². The number of aromatic nitrogens is 1. The number of H-pyrrole nitrogens is 1. The first kappa shape index (κ1) is 20.4. The van der Waals surface area contributed by atoms with Gasteiger partial charge in [0.1, 0.15) is 0 Å². The van der Waals surface area contributed by atoms with Gasteiger partial charge in [-0.15, -0.1) is 0 Å². The smallest absolute Gasteiger partial charge is 0.328 e. The van der Waals surface area contributed by atoms with E-state index < -0.39 is 22.0 Å². The molecule has 1 aromatic carbocycles. The summed E-state index contributed by atoms with van der Waals surface area (Å²) in [5, 5.41) is 21.7. The Morgan fingerprint density at radius 1 is 1.16 bits per heavy atom. The Morgan fingerprint density at radius 2 is 1.76 bits per heavy atom. The van der Waals surface area contributed by atoms with Gasteiger partial charge in [-0.05, 0) is 36.2 Å². The van der Waals surface area contributed by atoms with Gasteiger partial charge in [-0.3, -0.25) is 0 Å². The Kier molecular flexibility index (Phi) is 7.30. The average Bonchev–Trinajstić information content (AvgIpc) is 2.87. The van der Waals surface area contributed by atoms with Crippen LogP contribution >= 0.6 is 0 Å². The number of carbonyl (C=O) groups is 2.